The summed E-state index contributed by atoms with van der Waals surface area (Å²) in [5.74, 6) is -0.114. The summed E-state index contributed by atoms with van der Waals surface area (Å²) in [7, 11) is 1.61. The fourth-order valence-electron chi connectivity index (χ4n) is 1.99. The number of phenolic OH excluding ortho intramolecular Hbond substituents is 1. The van der Waals surface area contributed by atoms with Gasteiger partial charge in [-0.25, -0.2) is 4.79 Å². The molecule has 1 unspecified atom stereocenters. The van der Waals surface area contributed by atoms with Gasteiger partial charge in [-0.1, -0.05) is 0 Å². The smallest absolute Gasteiger partial charge is 0.332 e. The van der Waals surface area contributed by atoms with Gasteiger partial charge in [-0.05, 0) is 19.1 Å². The molecule has 0 saturated heterocycles. The van der Waals surface area contributed by atoms with Gasteiger partial charge in [0.05, 0.1) is 19.8 Å². The molecule has 1 atom stereocenters. The van der Waals surface area contributed by atoms with Crippen molar-refractivity contribution < 1.29 is 29.2 Å². The minimum absolute atomic E-state index is 0.00805. The summed E-state index contributed by atoms with van der Waals surface area (Å²) in [6.07, 6.45) is 0. The number of thioether (sulfide) groups is 1. The van der Waals surface area contributed by atoms with Gasteiger partial charge < -0.3 is 24.4 Å². The van der Waals surface area contributed by atoms with Gasteiger partial charge in [-0.2, -0.15) is 0 Å². The van der Waals surface area contributed by atoms with Crippen LogP contribution in [0, 0.1) is 0 Å². The van der Waals surface area contributed by atoms with Gasteiger partial charge in [0, 0.05) is 24.5 Å². The number of aliphatic carboxylic acids is 1. The summed E-state index contributed by atoms with van der Waals surface area (Å²) in [5.41, 5.74) is -0.644. The molecule has 0 spiro atoms. The van der Waals surface area contributed by atoms with Crippen molar-refractivity contribution in [3.8, 4) is 11.5 Å². The van der Waals surface area contributed by atoms with Crippen LogP contribution in [0.15, 0.2) is 23.2 Å². The molecule has 2 rings (SSSR count). The molecule has 0 saturated carbocycles. The molecule has 1 heterocycles. The molecule has 1 aromatic carbocycles. The molecule has 1 aromatic rings. The summed E-state index contributed by atoms with van der Waals surface area (Å²) in [6.45, 7) is 3.38. The first-order chi connectivity index (χ1) is 11.5. The molecular formula is C16H21NO6S. The number of benzene rings is 1. The molecule has 7 nitrogen and oxygen atoms in total. The molecule has 1 aliphatic heterocycles. The number of carboxylic acid groups (broad SMARTS) is 1. The molecule has 0 bridgehead atoms. The quantitative estimate of drug-likeness (QED) is 0.652. The predicted molar refractivity (Wildman–Crippen MR) is 91.3 cm³/mol. The van der Waals surface area contributed by atoms with Gasteiger partial charge in [-0.3, -0.25) is 4.99 Å². The second-order valence-electron chi connectivity index (χ2n) is 5.42. The van der Waals surface area contributed by atoms with Crippen LogP contribution in [-0.4, -0.2) is 66.1 Å². The standard InChI is InChI=1S/C16H21NO6S/c1-16(15(19)20)10-24-14(17-16)12-4-3-11(9-13(12)18)23-8-7-22-6-5-21-2/h3-4,9,18H,5-8,10H2,1-2H3,(H,19,20). The second-order valence-corrected chi connectivity index (χ2v) is 6.38. The Hall–Kier alpha value is -1.77. The van der Waals surface area contributed by atoms with E-state index >= 15 is 0 Å². The summed E-state index contributed by atoms with van der Waals surface area (Å²) >= 11 is 1.32. The van der Waals surface area contributed by atoms with Crippen LogP contribution in [-0.2, 0) is 14.3 Å². The van der Waals surface area contributed by atoms with E-state index in [2.05, 4.69) is 4.99 Å². The van der Waals surface area contributed by atoms with Crippen LogP contribution in [0.5, 0.6) is 11.5 Å². The number of hydrogen-bond donors (Lipinski definition) is 2. The zero-order chi connectivity index (χ0) is 17.6. The van der Waals surface area contributed by atoms with Crippen LogP contribution in [0.25, 0.3) is 0 Å². The van der Waals surface area contributed by atoms with E-state index in [4.69, 9.17) is 14.2 Å². The highest BCUT2D eigenvalue weighted by atomic mass is 32.2. The molecular weight excluding hydrogens is 334 g/mol. The van der Waals surface area contributed by atoms with Crippen molar-refractivity contribution in [1.29, 1.82) is 0 Å². The minimum atomic E-state index is -1.15. The van der Waals surface area contributed by atoms with Crippen molar-refractivity contribution in [1.82, 2.24) is 0 Å². The lowest BCUT2D eigenvalue weighted by molar-refractivity contribution is -0.141. The zero-order valence-electron chi connectivity index (χ0n) is 13.7. The average molecular weight is 355 g/mol. The molecule has 24 heavy (non-hydrogen) atoms. The van der Waals surface area contributed by atoms with Crippen molar-refractivity contribution in [3.05, 3.63) is 23.8 Å². The number of hydrogen-bond acceptors (Lipinski definition) is 7. The van der Waals surface area contributed by atoms with Crippen molar-refractivity contribution in [3.63, 3.8) is 0 Å². The van der Waals surface area contributed by atoms with Gasteiger partial charge in [0.1, 0.15) is 23.1 Å². The van der Waals surface area contributed by atoms with Gasteiger partial charge in [0.15, 0.2) is 5.54 Å². The first-order valence-electron chi connectivity index (χ1n) is 7.45. The van der Waals surface area contributed by atoms with E-state index in [0.717, 1.165) is 0 Å². The van der Waals surface area contributed by atoms with Crippen LogP contribution in [0.1, 0.15) is 12.5 Å². The molecule has 0 aromatic heterocycles. The maximum absolute atomic E-state index is 11.2. The van der Waals surface area contributed by atoms with E-state index in [1.54, 1.807) is 26.2 Å². The van der Waals surface area contributed by atoms with Gasteiger partial charge in [0.25, 0.3) is 0 Å². The van der Waals surface area contributed by atoms with Gasteiger partial charge >= 0.3 is 5.97 Å². The summed E-state index contributed by atoms with van der Waals surface area (Å²) in [5, 5.41) is 19.9. The monoisotopic (exact) mass is 355 g/mol. The van der Waals surface area contributed by atoms with Gasteiger partial charge in [0.2, 0.25) is 0 Å². The maximum atomic E-state index is 11.2. The molecule has 8 heteroatoms. The van der Waals surface area contributed by atoms with E-state index in [1.807, 2.05) is 0 Å². The largest absolute Gasteiger partial charge is 0.507 e. The van der Waals surface area contributed by atoms with Crippen LogP contribution in [0.4, 0.5) is 0 Å². The molecule has 1 aliphatic rings. The van der Waals surface area contributed by atoms with Crippen molar-refractivity contribution in [2.45, 2.75) is 12.5 Å². The highest BCUT2D eigenvalue weighted by Crippen LogP contribution is 2.35. The Morgan fingerprint density at radius 1 is 1.33 bits per heavy atom. The zero-order valence-corrected chi connectivity index (χ0v) is 14.5. The third kappa shape index (κ3) is 4.62. The number of aliphatic imine (C=N–C) groups is 1. The highest BCUT2D eigenvalue weighted by Gasteiger charge is 2.38. The fourth-order valence-corrected chi connectivity index (χ4v) is 3.19. The van der Waals surface area contributed by atoms with Crippen LogP contribution in [0.2, 0.25) is 0 Å². The normalized spacial score (nSPS) is 20.0. The molecule has 0 aliphatic carbocycles. The maximum Gasteiger partial charge on any atom is 0.332 e. The van der Waals surface area contributed by atoms with E-state index in [-0.39, 0.29) is 5.75 Å². The molecule has 0 radical (unpaired) electrons. The number of aromatic hydroxyl groups is 1. The Morgan fingerprint density at radius 2 is 2.08 bits per heavy atom. The molecule has 2 N–H and O–H groups in total. The van der Waals surface area contributed by atoms with Gasteiger partial charge in [-0.15, -0.1) is 11.8 Å². The lowest BCUT2D eigenvalue weighted by atomic mass is 10.1. The van der Waals surface area contributed by atoms with Crippen LogP contribution in [0.3, 0.4) is 0 Å². The number of rotatable bonds is 9. The molecule has 0 amide bonds. The summed E-state index contributed by atoms with van der Waals surface area (Å²) < 4.78 is 15.6. The third-order valence-electron chi connectivity index (χ3n) is 3.43. The number of phenols is 1. The highest BCUT2D eigenvalue weighted by molar-refractivity contribution is 8.14. The first-order valence-corrected chi connectivity index (χ1v) is 8.44. The van der Waals surface area contributed by atoms with E-state index in [0.29, 0.717) is 48.5 Å². The van der Waals surface area contributed by atoms with Crippen molar-refractivity contribution in [2.75, 3.05) is 39.3 Å². The Labute approximate surface area is 144 Å². The van der Waals surface area contributed by atoms with E-state index < -0.39 is 11.5 Å². The second kappa shape index (κ2) is 8.36. The lowest BCUT2D eigenvalue weighted by Crippen LogP contribution is -2.33. The molecule has 132 valence electrons. The fraction of sp³-hybridized carbons (Fsp3) is 0.500. The number of methoxy groups -OCH3 is 1. The first kappa shape index (κ1) is 18.6. The average Bonchev–Trinajstić information content (AvgIpc) is 2.94. The minimum Gasteiger partial charge on any atom is -0.507 e. The topological polar surface area (TPSA) is 97.6 Å². The van der Waals surface area contributed by atoms with Crippen LogP contribution < -0.4 is 4.74 Å². The predicted octanol–water partition coefficient (Wildman–Crippen LogP) is 1.77. The number of nitrogens with zero attached hydrogens (tertiary/aromatic N) is 1. The van der Waals surface area contributed by atoms with E-state index in [9.17, 15) is 15.0 Å². The lowest BCUT2D eigenvalue weighted by Gasteiger charge is -2.11. The van der Waals surface area contributed by atoms with E-state index in [1.165, 1.54) is 17.8 Å². The summed E-state index contributed by atoms with van der Waals surface area (Å²) in [6, 6.07) is 4.88. The van der Waals surface area contributed by atoms with Crippen molar-refractivity contribution >= 4 is 22.8 Å². The number of carbonyl (C=O) groups is 1. The third-order valence-corrected chi connectivity index (χ3v) is 4.72. The number of ether oxygens (including phenoxy) is 3. The Balaban J connectivity index is 1.94. The molecule has 0 fully saturated rings. The van der Waals surface area contributed by atoms with Crippen LogP contribution >= 0.6 is 11.8 Å². The Bertz CT molecular complexity index is 621. The Morgan fingerprint density at radius 3 is 2.71 bits per heavy atom. The van der Waals surface area contributed by atoms with Crippen molar-refractivity contribution in [2.24, 2.45) is 4.99 Å². The number of carboxylic acids is 1. The SMILES string of the molecule is COCCOCCOc1ccc(C2=NC(C)(C(=O)O)CS2)c(O)c1. The Kier molecular flexibility index (Phi) is 6.47. The summed E-state index contributed by atoms with van der Waals surface area (Å²) in [4.78, 5) is 15.5.